The highest BCUT2D eigenvalue weighted by atomic mass is 79.9. The molecule has 0 fully saturated rings. The van der Waals surface area contributed by atoms with Crippen LogP contribution in [-0.4, -0.2) is 22.9 Å². The molecule has 1 aromatic heterocycles. The lowest BCUT2D eigenvalue weighted by Crippen LogP contribution is -2.07. The van der Waals surface area contributed by atoms with Crippen molar-refractivity contribution >= 4 is 21.9 Å². The van der Waals surface area contributed by atoms with E-state index in [9.17, 15) is 4.79 Å². The van der Waals surface area contributed by atoms with E-state index >= 15 is 0 Å². The number of esters is 1. The molecule has 0 bridgehead atoms. The molecule has 0 saturated heterocycles. The van der Waals surface area contributed by atoms with Crippen LogP contribution in [0.25, 0.3) is 0 Å². The summed E-state index contributed by atoms with van der Waals surface area (Å²) in [5, 5.41) is 3.91. The molecule has 0 aliphatic rings. The quantitative estimate of drug-likeness (QED) is 0.661. The first-order valence-electron chi connectivity index (χ1n) is 2.93. The molecule has 60 valence electrons. The fraction of sp³-hybridized carbons (Fsp3) is 0.333. The minimum absolute atomic E-state index is 0.384. The summed E-state index contributed by atoms with van der Waals surface area (Å²) in [5.74, 6) is -0.384. The molecule has 0 spiro atoms. The van der Waals surface area contributed by atoms with Crippen molar-refractivity contribution in [3.63, 3.8) is 0 Å². The zero-order valence-corrected chi connectivity index (χ0v) is 7.75. The van der Waals surface area contributed by atoms with Crippen molar-refractivity contribution in [2.24, 2.45) is 7.05 Å². The van der Waals surface area contributed by atoms with Gasteiger partial charge in [-0.05, 0) is 15.9 Å². The number of aryl methyl sites for hydroxylation is 1. The third kappa shape index (κ3) is 1.59. The zero-order chi connectivity index (χ0) is 8.43. The molecule has 5 heteroatoms. The summed E-state index contributed by atoms with van der Waals surface area (Å²) in [6.45, 7) is 0. The van der Waals surface area contributed by atoms with Gasteiger partial charge < -0.3 is 4.74 Å². The van der Waals surface area contributed by atoms with Gasteiger partial charge >= 0.3 is 5.97 Å². The van der Waals surface area contributed by atoms with Crippen LogP contribution in [-0.2, 0) is 11.8 Å². The first-order chi connectivity index (χ1) is 5.15. The highest BCUT2D eigenvalue weighted by molar-refractivity contribution is 9.10. The number of carbonyl (C=O) groups excluding carboxylic acids is 1. The summed E-state index contributed by atoms with van der Waals surface area (Å²) < 4.78 is 6.59. The van der Waals surface area contributed by atoms with E-state index in [4.69, 9.17) is 0 Å². The number of ether oxygens (including phenoxy) is 1. The fourth-order valence-corrected chi connectivity index (χ4v) is 1.18. The number of aromatic nitrogens is 2. The molecule has 0 amide bonds. The second-order valence-corrected chi connectivity index (χ2v) is 2.78. The van der Waals surface area contributed by atoms with E-state index in [2.05, 4.69) is 25.8 Å². The van der Waals surface area contributed by atoms with Crippen LogP contribution >= 0.6 is 15.9 Å². The second-order valence-electron chi connectivity index (χ2n) is 1.97. The van der Waals surface area contributed by atoms with Crippen molar-refractivity contribution in [2.75, 3.05) is 7.11 Å². The van der Waals surface area contributed by atoms with Crippen molar-refractivity contribution in [3.05, 3.63) is 16.4 Å². The van der Waals surface area contributed by atoms with E-state index in [0.717, 1.165) is 0 Å². The Kier molecular flexibility index (Phi) is 2.28. The highest BCUT2D eigenvalue weighted by Gasteiger charge is 2.11. The van der Waals surface area contributed by atoms with Gasteiger partial charge in [-0.1, -0.05) is 0 Å². The maximum atomic E-state index is 10.9. The Morgan fingerprint density at radius 2 is 2.45 bits per heavy atom. The SMILES string of the molecule is COC(=O)c1cc(Br)nn1C. The van der Waals surface area contributed by atoms with E-state index in [-0.39, 0.29) is 5.97 Å². The maximum absolute atomic E-state index is 10.9. The average molecular weight is 219 g/mol. The predicted molar refractivity (Wildman–Crippen MR) is 42.2 cm³/mol. The summed E-state index contributed by atoms with van der Waals surface area (Å²) in [5.41, 5.74) is 0.430. The minimum atomic E-state index is -0.384. The van der Waals surface area contributed by atoms with Crippen molar-refractivity contribution < 1.29 is 9.53 Å². The van der Waals surface area contributed by atoms with E-state index in [1.54, 1.807) is 13.1 Å². The molecule has 0 saturated carbocycles. The molecular weight excluding hydrogens is 212 g/mol. The van der Waals surface area contributed by atoms with Crippen LogP contribution in [0.2, 0.25) is 0 Å². The molecule has 0 aliphatic carbocycles. The third-order valence-electron chi connectivity index (χ3n) is 1.24. The molecule has 1 aromatic rings. The van der Waals surface area contributed by atoms with Crippen molar-refractivity contribution in [1.82, 2.24) is 9.78 Å². The predicted octanol–water partition coefficient (Wildman–Crippen LogP) is 0.969. The van der Waals surface area contributed by atoms with Crippen LogP contribution in [0.15, 0.2) is 10.7 Å². The second kappa shape index (κ2) is 3.04. The summed E-state index contributed by atoms with van der Waals surface area (Å²) in [6.07, 6.45) is 0. The maximum Gasteiger partial charge on any atom is 0.356 e. The van der Waals surface area contributed by atoms with E-state index in [1.807, 2.05) is 0 Å². The van der Waals surface area contributed by atoms with Gasteiger partial charge in [-0.15, -0.1) is 0 Å². The van der Waals surface area contributed by atoms with Gasteiger partial charge in [0.2, 0.25) is 0 Å². The van der Waals surface area contributed by atoms with E-state index in [0.29, 0.717) is 10.3 Å². The number of hydrogen-bond donors (Lipinski definition) is 0. The lowest BCUT2D eigenvalue weighted by atomic mass is 10.4. The van der Waals surface area contributed by atoms with Gasteiger partial charge in [0.05, 0.1) is 7.11 Å². The number of rotatable bonds is 1. The van der Waals surface area contributed by atoms with Gasteiger partial charge in [0.1, 0.15) is 10.3 Å². The van der Waals surface area contributed by atoms with Crippen molar-refractivity contribution in [1.29, 1.82) is 0 Å². The molecule has 1 rings (SSSR count). The largest absolute Gasteiger partial charge is 0.464 e. The number of hydrogen-bond acceptors (Lipinski definition) is 3. The fourth-order valence-electron chi connectivity index (χ4n) is 0.728. The Morgan fingerprint density at radius 1 is 1.82 bits per heavy atom. The molecule has 0 N–H and O–H groups in total. The van der Waals surface area contributed by atoms with Gasteiger partial charge in [-0.25, -0.2) is 4.79 Å². The van der Waals surface area contributed by atoms with Crippen LogP contribution in [0.3, 0.4) is 0 Å². The Hall–Kier alpha value is -0.840. The van der Waals surface area contributed by atoms with Gasteiger partial charge in [0.25, 0.3) is 0 Å². The van der Waals surface area contributed by atoms with Gasteiger partial charge in [0.15, 0.2) is 0 Å². The molecule has 0 atom stereocenters. The van der Waals surface area contributed by atoms with E-state index < -0.39 is 0 Å². The molecule has 0 aliphatic heterocycles. The normalized spacial score (nSPS) is 9.73. The number of halogens is 1. The number of carbonyl (C=O) groups is 1. The summed E-state index contributed by atoms with van der Waals surface area (Å²) >= 11 is 3.14. The lowest BCUT2D eigenvalue weighted by Gasteiger charge is -1.96. The van der Waals surface area contributed by atoms with Crippen LogP contribution in [0, 0.1) is 0 Å². The smallest absolute Gasteiger partial charge is 0.356 e. The molecule has 0 aromatic carbocycles. The highest BCUT2D eigenvalue weighted by Crippen LogP contribution is 2.09. The summed E-state index contributed by atoms with van der Waals surface area (Å²) in [7, 11) is 3.01. The monoisotopic (exact) mass is 218 g/mol. The molecule has 0 radical (unpaired) electrons. The molecule has 11 heavy (non-hydrogen) atoms. The Balaban J connectivity index is 3.03. The van der Waals surface area contributed by atoms with Gasteiger partial charge in [-0.2, -0.15) is 5.10 Å². The van der Waals surface area contributed by atoms with Crippen LogP contribution in [0.1, 0.15) is 10.5 Å². The van der Waals surface area contributed by atoms with Crippen molar-refractivity contribution in [2.45, 2.75) is 0 Å². The topological polar surface area (TPSA) is 44.1 Å². The molecular formula is C6H7BrN2O2. The summed E-state index contributed by atoms with van der Waals surface area (Å²) in [6, 6.07) is 1.60. The van der Waals surface area contributed by atoms with Gasteiger partial charge in [0, 0.05) is 13.1 Å². The van der Waals surface area contributed by atoms with Crippen LogP contribution in [0.4, 0.5) is 0 Å². The Bertz CT molecular complexity index is 282. The van der Waals surface area contributed by atoms with Gasteiger partial charge in [-0.3, -0.25) is 4.68 Å². The van der Waals surface area contributed by atoms with E-state index in [1.165, 1.54) is 11.8 Å². The first kappa shape index (κ1) is 8.26. The van der Waals surface area contributed by atoms with Crippen molar-refractivity contribution in [3.8, 4) is 0 Å². The zero-order valence-electron chi connectivity index (χ0n) is 6.17. The number of nitrogens with zero attached hydrogens (tertiary/aromatic N) is 2. The summed E-state index contributed by atoms with van der Waals surface area (Å²) in [4.78, 5) is 10.9. The van der Waals surface area contributed by atoms with Crippen LogP contribution < -0.4 is 0 Å². The Labute approximate surface area is 72.3 Å². The minimum Gasteiger partial charge on any atom is -0.464 e. The molecule has 0 unspecified atom stereocenters. The standard InChI is InChI=1S/C6H7BrN2O2/c1-9-4(6(10)11-2)3-5(7)8-9/h3H,1-2H3. The lowest BCUT2D eigenvalue weighted by molar-refractivity contribution is 0.0588. The molecule has 1 heterocycles. The van der Waals surface area contributed by atoms with Crippen LogP contribution in [0.5, 0.6) is 0 Å². The number of methoxy groups -OCH3 is 1. The molecule has 4 nitrogen and oxygen atoms in total. The Morgan fingerprint density at radius 3 is 2.82 bits per heavy atom. The first-order valence-corrected chi connectivity index (χ1v) is 3.72. The third-order valence-corrected chi connectivity index (χ3v) is 1.63. The average Bonchev–Trinajstić information content (AvgIpc) is 2.28.